The molecule has 4 amide bonds. The number of hydrogen-bond donors (Lipinski definition) is 2. The van der Waals surface area contributed by atoms with Gasteiger partial charge in [-0.3, -0.25) is 24.8 Å². The highest BCUT2D eigenvalue weighted by Crippen LogP contribution is 2.42. The van der Waals surface area contributed by atoms with Crippen LogP contribution in [0.2, 0.25) is 0 Å². The third-order valence-electron chi connectivity index (χ3n) is 11.1. The van der Waals surface area contributed by atoms with E-state index >= 15 is 0 Å². The number of imide groups is 1. The first kappa shape index (κ1) is 36.8. The second-order valence-corrected chi connectivity index (χ2v) is 15.7. The summed E-state index contributed by atoms with van der Waals surface area (Å²) in [6, 6.07) is 12.8. The highest BCUT2D eigenvalue weighted by atomic mass is 32.1. The Balaban J connectivity index is 0.849. The Bertz CT molecular complexity index is 2260. The summed E-state index contributed by atoms with van der Waals surface area (Å²) in [4.78, 5) is 54.1. The second kappa shape index (κ2) is 15.2. The van der Waals surface area contributed by atoms with Crippen LogP contribution in [0.5, 0.6) is 5.75 Å². The summed E-state index contributed by atoms with van der Waals surface area (Å²) in [5.74, 6) is 0.773. The normalized spacial score (nSPS) is 20.2. The predicted molar refractivity (Wildman–Crippen MR) is 204 cm³/mol. The minimum atomic E-state index is -4.66. The van der Waals surface area contributed by atoms with Crippen LogP contribution < -0.4 is 20.3 Å². The zero-order valence-corrected chi connectivity index (χ0v) is 31.0. The van der Waals surface area contributed by atoms with E-state index in [1.54, 1.807) is 34.6 Å². The number of rotatable bonds is 8. The number of alkyl halides is 3. The molecule has 0 atom stereocenters. The van der Waals surface area contributed by atoms with E-state index in [4.69, 9.17) is 9.72 Å². The summed E-state index contributed by atoms with van der Waals surface area (Å²) in [5.41, 5.74) is 1.64. The number of halogens is 3. The number of carbonyl (C=O) groups is 3. The minimum Gasteiger partial charge on any atom is -0.494 e. The van der Waals surface area contributed by atoms with E-state index in [1.165, 1.54) is 18.7 Å². The Kier molecular flexibility index (Phi) is 10.2. The van der Waals surface area contributed by atoms with Gasteiger partial charge in [0.05, 0.1) is 39.9 Å². The van der Waals surface area contributed by atoms with Crippen LogP contribution in [0.3, 0.4) is 0 Å². The number of carbonyl (C=O) groups excluding carboxylic acids is 3. The molecule has 2 aliphatic heterocycles. The van der Waals surface area contributed by atoms with Gasteiger partial charge in [0, 0.05) is 48.5 Å². The zero-order valence-electron chi connectivity index (χ0n) is 30.2. The molecule has 0 bridgehead atoms. The van der Waals surface area contributed by atoms with E-state index < -0.39 is 23.8 Å². The Labute approximate surface area is 319 Å². The molecule has 15 heteroatoms. The van der Waals surface area contributed by atoms with Gasteiger partial charge in [-0.15, -0.1) is 11.3 Å². The zero-order chi connectivity index (χ0) is 38.3. The highest BCUT2D eigenvalue weighted by Gasteiger charge is 2.33. The number of nitrogens with zero attached hydrogens (tertiary/aromatic N) is 5. The van der Waals surface area contributed by atoms with Crippen LogP contribution in [-0.4, -0.2) is 71.0 Å². The Morgan fingerprint density at radius 1 is 0.964 bits per heavy atom. The van der Waals surface area contributed by atoms with E-state index in [0.29, 0.717) is 35.7 Å². The number of pyridine rings is 2. The molecule has 8 rings (SSSR count). The Morgan fingerprint density at radius 2 is 1.76 bits per heavy atom. The number of hydrogen-bond acceptors (Lipinski definition) is 9. The maximum atomic E-state index is 13.2. The predicted octanol–water partition coefficient (Wildman–Crippen LogP) is 8.12. The van der Waals surface area contributed by atoms with Crippen molar-refractivity contribution in [2.45, 2.75) is 63.0 Å². The number of thiazole rings is 1. The third-order valence-corrected chi connectivity index (χ3v) is 12.3. The molecule has 1 aliphatic carbocycles. The number of piperidine rings is 1. The molecule has 0 radical (unpaired) electrons. The van der Waals surface area contributed by atoms with Crippen LogP contribution in [0.25, 0.3) is 21.0 Å². The number of fused-ring (bicyclic) bond motifs is 2. The number of anilines is 2. The van der Waals surface area contributed by atoms with Crippen molar-refractivity contribution >= 4 is 61.5 Å². The number of likely N-dealkylation sites (tertiary alicyclic amines) is 1. The molecular weight excluding hydrogens is 732 g/mol. The fraction of sp³-hybridized carbons (Fsp3) is 0.400. The lowest BCUT2D eigenvalue weighted by Gasteiger charge is -2.36. The molecule has 3 aromatic heterocycles. The maximum absolute atomic E-state index is 13.2. The fourth-order valence-corrected chi connectivity index (χ4v) is 9.32. The van der Waals surface area contributed by atoms with Gasteiger partial charge < -0.3 is 15.0 Å². The largest absolute Gasteiger partial charge is 0.494 e. The Hall–Kier alpha value is -5.15. The summed E-state index contributed by atoms with van der Waals surface area (Å²) in [6.45, 7) is 3.52. The topological polar surface area (TPSA) is 130 Å². The van der Waals surface area contributed by atoms with Crippen molar-refractivity contribution in [3.63, 3.8) is 0 Å². The molecule has 0 unspecified atom stereocenters. The SMILES string of the molecule is COc1cc2nc([C@H]3CC[C@H](CN4CCC(c5ccc6c(N7CCC(=O)NC7=O)cncc6c5)CC4)CC3)sc2cc1NC(=O)c1cccc(C(F)(F)F)n1. The van der Waals surface area contributed by atoms with Gasteiger partial charge in [-0.1, -0.05) is 18.2 Å². The summed E-state index contributed by atoms with van der Waals surface area (Å²) >= 11 is 1.58. The molecule has 2 aromatic carbocycles. The molecule has 5 aromatic rings. The third kappa shape index (κ3) is 7.85. The van der Waals surface area contributed by atoms with Gasteiger partial charge in [0.15, 0.2) is 0 Å². The van der Waals surface area contributed by atoms with Gasteiger partial charge in [0.2, 0.25) is 5.91 Å². The molecular formula is C40H40F3N7O4S. The molecule has 0 spiro atoms. The van der Waals surface area contributed by atoms with Crippen LogP contribution in [0, 0.1) is 5.92 Å². The number of amides is 4. The van der Waals surface area contributed by atoms with Crippen LogP contribution in [0.4, 0.5) is 29.3 Å². The number of aromatic nitrogens is 3. The van der Waals surface area contributed by atoms with E-state index in [0.717, 1.165) is 102 Å². The first-order chi connectivity index (χ1) is 26.5. The number of benzene rings is 2. The summed E-state index contributed by atoms with van der Waals surface area (Å²) in [6.07, 6.45) is 5.65. The number of methoxy groups -OCH3 is 1. The van der Waals surface area contributed by atoms with Crippen LogP contribution >= 0.6 is 11.3 Å². The number of nitrogens with one attached hydrogen (secondary N) is 2. The van der Waals surface area contributed by atoms with Gasteiger partial charge in [-0.25, -0.2) is 14.8 Å². The van der Waals surface area contributed by atoms with Gasteiger partial charge in [-0.05, 0) is 93.3 Å². The van der Waals surface area contributed by atoms with E-state index in [2.05, 4.69) is 43.7 Å². The van der Waals surface area contributed by atoms with Crippen molar-refractivity contribution in [1.29, 1.82) is 0 Å². The minimum absolute atomic E-state index is 0.258. The molecule has 55 heavy (non-hydrogen) atoms. The van der Waals surface area contributed by atoms with Crippen molar-refractivity contribution < 1.29 is 32.3 Å². The average Bonchev–Trinajstić information content (AvgIpc) is 3.60. The van der Waals surface area contributed by atoms with E-state index in [1.807, 2.05) is 6.20 Å². The summed E-state index contributed by atoms with van der Waals surface area (Å²) < 4.78 is 45.9. The maximum Gasteiger partial charge on any atom is 0.433 e. The molecule has 286 valence electrons. The van der Waals surface area contributed by atoms with Crippen LogP contribution in [0.15, 0.2) is 60.9 Å². The van der Waals surface area contributed by atoms with Gasteiger partial charge in [0.25, 0.3) is 5.91 Å². The summed E-state index contributed by atoms with van der Waals surface area (Å²) in [5, 5.41) is 8.06. The first-order valence-electron chi connectivity index (χ1n) is 18.6. The lowest BCUT2D eigenvalue weighted by atomic mass is 9.81. The highest BCUT2D eigenvalue weighted by molar-refractivity contribution is 7.18. The molecule has 2 saturated heterocycles. The van der Waals surface area contributed by atoms with Gasteiger partial charge in [-0.2, -0.15) is 13.2 Å². The van der Waals surface area contributed by atoms with Crippen molar-refractivity contribution in [1.82, 2.24) is 25.2 Å². The second-order valence-electron chi connectivity index (χ2n) is 14.6. The van der Waals surface area contributed by atoms with Crippen molar-refractivity contribution in [3.8, 4) is 5.75 Å². The standard InChI is InChI=1S/C40H40F3N7O4S/c1-54-33-18-31-34(19-30(33)46-37(52)29-3-2-4-35(45-29)40(41,42)43)55-38(47-31)25-7-5-23(6-8-25)22-49-14-11-24(12-15-49)26-9-10-28-27(17-26)20-44-21-32(28)50-16-13-36(51)48-39(50)53/h2-4,9-10,17-21,23-25H,5-8,11-16,22H2,1H3,(H,46,52)(H,48,51,53)/t23-,25-. The van der Waals surface area contributed by atoms with Crippen LogP contribution in [-0.2, 0) is 11.0 Å². The van der Waals surface area contributed by atoms with E-state index in [9.17, 15) is 27.6 Å². The smallest absolute Gasteiger partial charge is 0.433 e. The Morgan fingerprint density at radius 3 is 2.51 bits per heavy atom. The molecule has 1 saturated carbocycles. The number of ether oxygens (including phenoxy) is 1. The van der Waals surface area contributed by atoms with Crippen molar-refractivity contribution in [3.05, 3.63) is 82.9 Å². The lowest BCUT2D eigenvalue weighted by Crippen LogP contribution is -2.49. The van der Waals surface area contributed by atoms with E-state index in [-0.39, 0.29) is 18.0 Å². The molecule has 5 heterocycles. The summed E-state index contributed by atoms with van der Waals surface area (Å²) in [7, 11) is 1.47. The molecule has 3 aliphatic rings. The first-order valence-corrected chi connectivity index (χ1v) is 19.4. The quantitative estimate of drug-likeness (QED) is 0.162. The average molecular weight is 772 g/mol. The molecule has 11 nitrogen and oxygen atoms in total. The monoisotopic (exact) mass is 771 g/mol. The van der Waals surface area contributed by atoms with Crippen molar-refractivity contribution in [2.24, 2.45) is 5.92 Å². The molecule has 2 N–H and O–H groups in total. The fourth-order valence-electron chi connectivity index (χ4n) is 8.17. The number of urea groups is 1. The molecule has 3 fully saturated rings. The van der Waals surface area contributed by atoms with Gasteiger partial charge in [0.1, 0.15) is 17.1 Å². The van der Waals surface area contributed by atoms with Gasteiger partial charge >= 0.3 is 12.2 Å². The lowest BCUT2D eigenvalue weighted by molar-refractivity contribution is -0.141. The van der Waals surface area contributed by atoms with Crippen LogP contribution in [0.1, 0.15) is 83.5 Å². The van der Waals surface area contributed by atoms with Crippen molar-refractivity contribution in [2.75, 3.05) is 43.5 Å².